The fraction of sp³-hybridized carbons (Fsp3) is 0.621. The molecule has 0 aromatic heterocycles. The number of allylic oxidation sites excluding steroid dienone is 1. The quantitative estimate of drug-likeness (QED) is 0.291. The Morgan fingerprint density at radius 1 is 1.23 bits per heavy atom. The molecule has 2 aliphatic heterocycles. The third-order valence-corrected chi connectivity index (χ3v) is 9.47. The predicted octanol–water partition coefficient (Wildman–Crippen LogP) is 3.83. The van der Waals surface area contributed by atoms with Crippen LogP contribution in [-0.2, 0) is 20.8 Å². The van der Waals surface area contributed by atoms with Crippen LogP contribution in [0, 0.1) is 17.3 Å². The summed E-state index contributed by atoms with van der Waals surface area (Å²) in [5.41, 5.74) is 3.75. The van der Waals surface area contributed by atoms with Crippen LogP contribution in [0.2, 0.25) is 5.02 Å². The third-order valence-electron chi connectivity index (χ3n) is 9.12. The minimum atomic E-state index is -4.83. The number of hydrogen-bond donors (Lipinski definition) is 3. The first-order chi connectivity index (χ1) is 20.1. The van der Waals surface area contributed by atoms with Gasteiger partial charge >= 0.3 is 12.1 Å². The maximum absolute atomic E-state index is 14.3. The molecule has 10 nitrogen and oxygen atoms in total. The standard InChI is InChI=1S/C29H39ClF3N5O5/c1-16-9-12-37(25(16)39)14-21-23-17(10-13-38(21)26(40)18-6-4-5-11-28(18,2)27(41)42)19(30)7-8-22(23)43-15-20(34)24(36(3)35)29(31,32)33/h7-8,16,18,21H,4-6,9-15,34-35H2,1-3H3,(H,41,42)/b24-20-/t16?,18?,21?,28-/m0/s1. The molecule has 2 fully saturated rings. The summed E-state index contributed by atoms with van der Waals surface area (Å²) in [4.78, 5) is 42.9. The zero-order chi connectivity index (χ0) is 31.9. The van der Waals surface area contributed by atoms with Crippen LogP contribution >= 0.6 is 11.6 Å². The summed E-state index contributed by atoms with van der Waals surface area (Å²) < 4.78 is 46.7. The summed E-state index contributed by atoms with van der Waals surface area (Å²) in [5.74, 6) is 3.13. The zero-order valence-corrected chi connectivity index (χ0v) is 25.3. The number of nitrogens with zero attached hydrogens (tertiary/aromatic N) is 3. The van der Waals surface area contributed by atoms with E-state index in [9.17, 15) is 32.7 Å². The van der Waals surface area contributed by atoms with Gasteiger partial charge in [-0.25, -0.2) is 5.84 Å². The van der Waals surface area contributed by atoms with Gasteiger partial charge in [0.1, 0.15) is 12.4 Å². The molecule has 1 aromatic rings. The Morgan fingerprint density at radius 2 is 1.93 bits per heavy atom. The maximum atomic E-state index is 14.3. The van der Waals surface area contributed by atoms with Crippen molar-refractivity contribution >= 4 is 29.4 Å². The Kier molecular flexibility index (Phi) is 9.46. The van der Waals surface area contributed by atoms with E-state index in [-0.39, 0.29) is 36.6 Å². The summed E-state index contributed by atoms with van der Waals surface area (Å²) in [5, 5.41) is 10.9. The van der Waals surface area contributed by atoms with Gasteiger partial charge in [0.2, 0.25) is 11.8 Å². The number of carbonyl (C=O) groups is 3. The van der Waals surface area contributed by atoms with Crippen molar-refractivity contribution in [1.29, 1.82) is 0 Å². The average molecular weight is 630 g/mol. The number of aliphatic carboxylic acids is 1. The summed E-state index contributed by atoms with van der Waals surface area (Å²) in [6, 6.07) is 2.30. The minimum absolute atomic E-state index is 0.0787. The molecule has 1 saturated heterocycles. The van der Waals surface area contributed by atoms with Crippen molar-refractivity contribution in [3.05, 3.63) is 39.7 Å². The normalized spacial score (nSPS) is 26.6. The molecule has 3 aliphatic rings. The number of benzene rings is 1. The molecule has 4 atom stereocenters. The van der Waals surface area contributed by atoms with E-state index < -0.39 is 47.5 Å². The van der Waals surface area contributed by atoms with Gasteiger partial charge in [-0.05, 0) is 50.3 Å². The van der Waals surface area contributed by atoms with Crippen LogP contribution in [0.4, 0.5) is 13.2 Å². The van der Waals surface area contributed by atoms with Gasteiger partial charge in [0.05, 0.1) is 23.1 Å². The number of hydrogen-bond acceptors (Lipinski definition) is 7. The molecule has 2 heterocycles. The number of hydrazine groups is 1. The first-order valence-corrected chi connectivity index (χ1v) is 14.8. The van der Waals surface area contributed by atoms with E-state index >= 15 is 0 Å². The summed E-state index contributed by atoms with van der Waals surface area (Å²) in [6.07, 6.45) is -1.72. The molecule has 0 spiro atoms. The van der Waals surface area contributed by atoms with Gasteiger partial charge in [0.15, 0.2) is 5.70 Å². The van der Waals surface area contributed by atoms with Crippen molar-refractivity contribution in [2.75, 3.05) is 33.3 Å². The van der Waals surface area contributed by atoms with Gasteiger partial charge < -0.3 is 30.4 Å². The topological polar surface area (TPSA) is 142 Å². The summed E-state index contributed by atoms with van der Waals surface area (Å²) >= 11 is 6.60. The van der Waals surface area contributed by atoms with Crippen LogP contribution in [0.5, 0.6) is 5.75 Å². The molecule has 14 heteroatoms. The molecular weight excluding hydrogens is 591 g/mol. The number of amides is 2. The number of alkyl halides is 3. The van der Waals surface area contributed by atoms with Crippen LogP contribution in [0.15, 0.2) is 23.5 Å². The largest absolute Gasteiger partial charge is 0.487 e. The molecule has 3 unspecified atom stereocenters. The van der Waals surface area contributed by atoms with E-state index in [2.05, 4.69) is 0 Å². The Balaban J connectivity index is 1.77. The van der Waals surface area contributed by atoms with Gasteiger partial charge in [-0.3, -0.25) is 14.4 Å². The van der Waals surface area contributed by atoms with E-state index in [0.717, 1.165) is 7.05 Å². The highest BCUT2D eigenvalue weighted by Crippen LogP contribution is 2.46. The van der Waals surface area contributed by atoms with Gasteiger partial charge in [0.25, 0.3) is 0 Å². The number of likely N-dealkylation sites (tertiary alicyclic amines) is 1. The highest BCUT2D eigenvalue weighted by atomic mass is 35.5. The lowest BCUT2D eigenvalue weighted by Crippen LogP contribution is -2.52. The fourth-order valence-electron chi connectivity index (χ4n) is 6.66. The molecule has 4 rings (SSSR count). The van der Waals surface area contributed by atoms with Crippen molar-refractivity contribution in [3.63, 3.8) is 0 Å². The molecule has 1 aliphatic carbocycles. The number of halogens is 4. The number of rotatable bonds is 8. The minimum Gasteiger partial charge on any atom is -0.487 e. The van der Waals surface area contributed by atoms with E-state index in [1.807, 2.05) is 6.92 Å². The Hall–Kier alpha value is -3.19. The third kappa shape index (κ3) is 6.38. The highest BCUT2D eigenvalue weighted by molar-refractivity contribution is 6.31. The Morgan fingerprint density at radius 3 is 2.51 bits per heavy atom. The van der Waals surface area contributed by atoms with Crippen LogP contribution in [0.25, 0.3) is 0 Å². The number of carboxylic acid groups (broad SMARTS) is 1. The SMILES string of the molecule is CC1CCN(CC2c3c(OC/C(N)=C(/N(C)N)C(F)(F)F)ccc(Cl)c3CCN2C(=O)C2CCCC[C@]2(C)C(=O)O)C1=O. The molecule has 0 radical (unpaired) electrons. The number of carboxylic acids is 1. The lowest BCUT2D eigenvalue weighted by molar-refractivity contribution is -0.162. The monoisotopic (exact) mass is 629 g/mol. The lowest BCUT2D eigenvalue weighted by atomic mass is 9.66. The second-order valence-corrected chi connectivity index (χ2v) is 12.4. The maximum Gasteiger partial charge on any atom is 0.434 e. The van der Waals surface area contributed by atoms with Crippen molar-refractivity contribution in [2.45, 2.75) is 64.6 Å². The molecule has 1 aromatic carbocycles. The predicted molar refractivity (Wildman–Crippen MR) is 152 cm³/mol. The molecule has 5 N–H and O–H groups in total. The second kappa shape index (κ2) is 12.4. The van der Waals surface area contributed by atoms with Crippen LogP contribution in [0.3, 0.4) is 0 Å². The van der Waals surface area contributed by atoms with Gasteiger partial charge in [-0.1, -0.05) is 31.4 Å². The number of carbonyl (C=O) groups excluding carboxylic acids is 2. The Labute approximate surface area is 253 Å². The van der Waals surface area contributed by atoms with Crippen molar-refractivity contribution in [2.24, 2.45) is 28.8 Å². The van der Waals surface area contributed by atoms with Crippen molar-refractivity contribution in [1.82, 2.24) is 14.8 Å². The van der Waals surface area contributed by atoms with Crippen LogP contribution < -0.4 is 16.3 Å². The molecule has 2 amide bonds. The van der Waals surface area contributed by atoms with Gasteiger partial charge in [0, 0.05) is 43.2 Å². The molecule has 43 heavy (non-hydrogen) atoms. The molecule has 238 valence electrons. The van der Waals surface area contributed by atoms with E-state index in [1.54, 1.807) is 22.8 Å². The first-order valence-electron chi connectivity index (χ1n) is 14.4. The molecular formula is C29H39ClF3N5O5. The van der Waals surface area contributed by atoms with Crippen molar-refractivity contribution in [3.8, 4) is 5.75 Å². The fourth-order valence-corrected chi connectivity index (χ4v) is 6.92. The second-order valence-electron chi connectivity index (χ2n) is 12.0. The first kappa shape index (κ1) is 32.7. The van der Waals surface area contributed by atoms with Crippen molar-refractivity contribution < 1.29 is 37.4 Å². The number of fused-ring (bicyclic) bond motifs is 1. The molecule has 0 bridgehead atoms. The average Bonchev–Trinajstić information content (AvgIpc) is 3.24. The summed E-state index contributed by atoms with van der Waals surface area (Å²) in [7, 11) is 1.02. The number of ether oxygens (including phenoxy) is 1. The smallest absolute Gasteiger partial charge is 0.434 e. The van der Waals surface area contributed by atoms with E-state index in [1.165, 1.54) is 6.07 Å². The number of nitrogens with two attached hydrogens (primary N) is 2. The van der Waals surface area contributed by atoms with Crippen LogP contribution in [-0.4, -0.2) is 77.2 Å². The van der Waals surface area contributed by atoms with Gasteiger partial charge in [-0.2, -0.15) is 13.2 Å². The highest BCUT2D eigenvalue weighted by Gasteiger charge is 2.50. The zero-order valence-electron chi connectivity index (χ0n) is 24.5. The molecule has 1 saturated carbocycles. The van der Waals surface area contributed by atoms with Crippen LogP contribution in [0.1, 0.15) is 63.1 Å². The summed E-state index contributed by atoms with van der Waals surface area (Å²) in [6.45, 7) is 3.55. The van der Waals surface area contributed by atoms with E-state index in [4.69, 9.17) is 27.9 Å². The van der Waals surface area contributed by atoms with Gasteiger partial charge in [-0.15, -0.1) is 0 Å². The Bertz CT molecular complexity index is 1310. The lowest BCUT2D eigenvalue weighted by Gasteiger charge is -2.45. The van der Waals surface area contributed by atoms with E-state index in [0.29, 0.717) is 66.2 Å².